The van der Waals surface area contributed by atoms with E-state index >= 15 is 0 Å². The number of carbonyl (C=O) groups excluding carboxylic acids is 1. The highest BCUT2D eigenvalue weighted by Crippen LogP contribution is 2.34. The second-order valence-corrected chi connectivity index (χ2v) is 8.23. The van der Waals surface area contributed by atoms with Gasteiger partial charge in [-0.3, -0.25) is 9.59 Å². The first-order valence-electron chi connectivity index (χ1n) is 11.6. The molecule has 1 aliphatic heterocycles. The first kappa shape index (κ1) is 23.7. The van der Waals surface area contributed by atoms with Crippen LogP contribution < -0.4 is 35.7 Å². The van der Waals surface area contributed by atoms with Gasteiger partial charge in [0.25, 0.3) is 11.5 Å². The van der Waals surface area contributed by atoms with E-state index in [4.69, 9.17) is 14.2 Å². The second-order valence-electron chi connectivity index (χ2n) is 8.23. The van der Waals surface area contributed by atoms with Gasteiger partial charge >= 0.3 is 0 Å². The Balaban J connectivity index is 1.32. The summed E-state index contributed by atoms with van der Waals surface area (Å²) in [5.41, 5.74) is 2.58. The summed E-state index contributed by atoms with van der Waals surface area (Å²) >= 11 is 0. The number of H-pyrrole nitrogens is 1. The summed E-state index contributed by atoms with van der Waals surface area (Å²) in [6.45, 7) is 3.12. The van der Waals surface area contributed by atoms with Crippen LogP contribution >= 0.6 is 0 Å². The molecule has 1 amide bonds. The Bertz CT molecular complexity index is 1480. The van der Waals surface area contributed by atoms with E-state index in [1.165, 1.54) is 6.20 Å². The number of benzene rings is 2. The predicted molar refractivity (Wildman–Crippen MR) is 141 cm³/mol. The van der Waals surface area contributed by atoms with Crippen molar-refractivity contribution >= 4 is 28.7 Å². The van der Waals surface area contributed by atoms with Gasteiger partial charge in [-0.25, -0.2) is 4.98 Å². The number of carbonyl (C=O) groups is 1. The summed E-state index contributed by atoms with van der Waals surface area (Å²) in [7, 11) is 1.60. The van der Waals surface area contributed by atoms with Crippen molar-refractivity contribution in [1.29, 1.82) is 0 Å². The molecule has 0 saturated heterocycles. The third-order valence-electron chi connectivity index (χ3n) is 5.81. The zero-order chi connectivity index (χ0) is 25.8. The lowest BCUT2D eigenvalue weighted by Gasteiger charge is -2.22. The Morgan fingerprint density at radius 1 is 1.00 bits per heavy atom. The number of fused-ring (bicyclic) bond motifs is 1. The van der Waals surface area contributed by atoms with Gasteiger partial charge in [0.2, 0.25) is 5.88 Å². The molecule has 2 aromatic heterocycles. The Labute approximate surface area is 212 Å². The van der Waals surface area contributed by atoms with Gasteiger partial charge in [0.15, 0.2) is 0 Å². The van der Waals surface area contributed by atoms with Gasteiger partial charge in [-0.1, -0.05) is 0 Å². The third kappa shape index (κ3) is 5.18. The molecule has 0 radical (unpaired) electrons. The molecule has 10 nitrogen and oxygen atoms in total. The van der Waals surface area contributed by atoms with Gasteiger partial charge in [-0.2, -0.15) is 0 Å². The van der Waals surface area contributed by atoms with E-state index < -0.39 is 11.5 Å². The van der Waals surface area contributed by atoms with Crippen molar-refractivity contribution in [1.82, 2.24) is 9.97 Å². The van der Waals surface area contributed by atoms with Crippen LogP contribution in [-0.2, 0) is 0 Å². The van der Waals surface area contributed by atoms with Crippen LogP contribution in [0.1, 0.15) is 15.9 Å². The highest BCUT2D eigenvalue weighted by atomic mass is 16.5. The Morgan fingerprint density at radius 2 is 1.70 bits per heavy atom. The van der Waals surface area contributed by atoms with Gasteiger partial charge in [-0.05, 0) is 61.5 Å². The fourth-order valence-corrected chi connectivity index (χ4v) is 3.88. The van der Waals surface area contributed by atoms with E-state index in [0.717, 1.165) is 17.0 Å². The molecule has 10 heteroatoms. The number of amides is 1. The summed E-state index contributed by atoms with van der Waals surface area (Å²) in [6, 6.07) is 15.7. The quantitative estimate of drug-likeness (QED) is 0.289. The summed E-state index contributed by atoms with van der Waals surface area (Å²) < 4.78 is 16.5. The monoisotopic (exact) mass is 499 g/mol. The predicted octanol–water partition coefficient (Wildman–Crippen LogP) is 4.68. The summed E-state index contributed by atoms with van der Waals surface area (Å²) in [6.07, 6.45) is 3.10. The topological polar surface area (TPSA) is 127 Å². The standard InChI is InChI=1S/C27H25N5O5/c1-16-22(15-30-27-24(16)28-13-14-36-27)32-21-11-12-29-25(33)23(21)26(34)31-17-3-5-19(6-4-17)37-20-9-7-18(35-2)8-10-20/h3-12,15,28H,13-14H2,1-2H3,(H,31,34)(H2,29,32,33). The molecule has 0 atom stereocenters. The van der Waals surface area contributed by atoms with Gasteiger partial charge < -0.3 is 35.1 Å². The van der Waals surface area contributed by atoms with Crippen LogP contribution in [0.4, 0.5) is 22.7 Å². The van der Waals surface area contributed by atoms with Gasteiger partial charge in [-0.15, -0.1) is 0 Å². The summed E-state index contributed by atoms with van der Waals surface area (Å²) in [4.78, 5) is 32.7. The molecule has 37 heavy (non-hydrogen) atoms. The maximum Gasteiger partial charge on any atom is 0.263 e. The van der Waals surface area contributed by atoms with Crippen molar-refractivity contribution in [2.75, 3.05) is 36.2 Å². The highest BCUT2D eigenvalue weighted by molar-refractivity contribution is 6.08. The number of methoxy groups -OCH3 is 1. The lowest BCUT2D eigenvalue weighted by molar-refractivity contribution is 0.102. The highest BCUT2D eigenvalue weighted by Gasteiger charge is 2.20. The van der Waals surface area contributed by atoms with Gasteiger partial charge in [0.1, 0.15) is 35.1 Å². The third-order valence-corrected chi connectivity index (χ3v) is 5.81. The van der Waals surface area contributed by atoms with Crippen molar-refractivity contribution < 1.29 is 19.0 Å². The van der Waals surface area contributed by atoms with Gasteiger partial charge in [0, 0.05) is 24.0 Å². The molecule has 0 bridgehead atoms. The molecule has 4 aromatic rings. The second kappa shape index (κ2) is 10.3. The number of hydrogen-bond acceptors (Lipinski definition) is 8. The van der Waals surface area contributed by atoms with E-state index in [1.54, 1.807) is 67.9 Å². The zero-order valence-corrected chi connectivity index (χ0v) is 20.3. The summed E-state index contributed by atoms with van der Waals surface area (Å²) in [5, 5.41) is 9.22. The van der Waals surface area contributed by atoms with Crippen molar-refractivity contribution in [2.24, 2.45) is 0 Å². The Hall–Kier alpha value is -4.99. The normalized spacial score (nSPS) is 11.9. The molecule has 0 spiro atoms. The van der Waals surface area contributed by atoms with E-state index in [-0.39, 0.29) is 5.56 Å². The van der Waals surface area contributed by atoms with Gasteiger partial charge in [0.05, 0.1) is 24.7 Å². The number of anilines is 4. The first-order chi connectivity index (χ1) is 18.0. The molecule has 3 heterocycles. The van der Waals surface area contributed by atoms with Crippen LogP contribution in [0.3, 0.4) is 0 Å². The molecular formula is C27H25N5O5. The Kier molecular flexibility index (Phi) is 6.62. The van der Waals surface area contributed by atoms with Crippen molar-refractivity contribution in [2.45, 2.75) is 6.92 Å². The Morgan fingerprint density at radius 3 is 2.43 bits per heavy atom. The number of hydrogen-bond donors (Lipinski definition) is 4. The zero-order valence-electron chi connectivity index (χ0n) is 20.3. The maximum absolute atomic E-state index is 13.1. The number of aromatic amines is 1. The maximum atomic E-state index is 13.1. The summed E-state index contributed by atoms with van der Waals surface area (Å²) in [5.74, 6) is 1.95. The minimum Gasteiger partial charge on any atom is -0.497 e. The molecular weight excluding hydrogens is 474 g/mol. The van der Waals surface area contributed by atoms with Crippen molar-refractivity contribution in [3.05, 3.63) is 88.5 Å². The van der Waals surface area contributed by atoms with Crippen LogP contribution in [-0.4, -0.2) is 36.1 Å². The number of rotatable bonds is 7. The van der Waals surface area contributed by atoms with Crippen LogP contribution in [0.2, 0.25) is 0 Å². The van der Waals surface area contributed by atoms with E-state index in [0.29, 0.717) is 47.6 Å². The van der Waals surface area contributed by atoms with E-state index in [9.17, 15) is 9.59 Å². The molecule has 188 valence electrons. The minimum absolute atomic E-state index is 0.0533. The molecule has 0 aliphatic carbocycles. The van der Waals surface area contributed by atoms with Crippen LogP contribution in [0.15, 0.2) is 71.8 Å². The smallest absolute Gasteiger partial charge is 0.263 e. The largest absolute Gasteiger partial charge is 0.497 e. The van der Waals surface area contributed by atoms with Crippen molar-refractivity contribution in [3.8, 4) is 23.1 Å². The molecule has 0 fully saturated rings. The molecule has 5 rings (SSSR count). The van der Waals surface area contributed by atoms with Crippen LogP contribution in [0.25, 0.3) is 0 Å². The number of aromatic nitrogens is 2. The van der Waals surface area contributed by atoms with E-state index in [1.807, 2.05) is 6.92 Å². The number of ether oxygens (including phenoxy) is 3. The first-order valence-corrected chi connectivity index (χ1v) is 11.6. The fraction of sp³-hybridized carbons (Fsp3) is 0.148. The molecule has 0 saturated carbocycles. The SMILES string of the molecule is COc1ccc(Oc2ccc(NC(=O)c3c(Nc4cnc5c(c4C)NCCO5)cc[nH]c3=O)cc2)cc1. The lowest BCUT2D eigenvalue weighted by atomic mass is 10.1. The number of pyridine rings is 2. The molecule has 0 unspecified atom stereocenters. The van der Waals surface area contributed by atoms with Crippen LogP contribution in [0, 0.1) is 6.92 Å². The average molecular weight is 500 g/mol. The molecule has 1 aliphatic rings. The fourth-order valence-electron chi connectivity index (χ4n) is 3.88. The molecule has 2 aromatic carbocycles. The van der Waals surface area contributed by atoms with Crippen molar-refractivity contribution in [3.63, 3.8) is 0 Å². The number of nitrogens with zero attached hydrogens (tertiary/aromatic N) is 1. The minimum atomic E-state index is -0.557. The number of nitrogens with one attached hydrogen (secondary N) is 4. The van der Waals surface area contributed by atoms with E-state index in [2.05, 4.69) is 25.9 Å². The average Bonchev–Trinajstić information content (AvgIpc) is 2.92. The van der Waals surface area contributed by atoms with Crippen LogP contribution in [0.5, 0.6) is 23.1 Å². The molecule has 4 N–H and O–H groups in total. The lowest BCUT2D eigenvalue weighted by Crippen LogP contribution is -2.25.